The van der Waals surface area contributed by atoms with Crippen molar-refractivity contribution < 1.29 is 4.39 Å². The van der Waals surface area contributed by atoms with Crippen LogP contribution in [0.2, 0.25) is 0 Å². The van der Waals surface area contributed by atoms with Crippen molar-refractivity contribution >= 4 is 11.3 Å². The Hall–Kier alpha value is -1.26. The van der Waals surface area contributed by atoms with Crippen LogP contribution in [0.25, 0.3) is 10.6 Å². The number of thiazole rings is 1. The highest BCUT2D eigenvalue weighted by Crippen LogP contribution is 2.33. The van der Waals surface area contributed by atoms with Gasteiger partial charge in [-0.1, -0.05) is 11.6 Å². The molecular weight excluding hydrogens is 247 g/mol. The van der Waals surface area contributed by atoms with Crippen LogP contribution in [-0.2, 0) is 0 Å². The zero-order valence-corrected chi connectivity index (χ0v) is 11.9. The van der Waals surface area contributed by atoms with Crippen molar-refractivity contribution in [3.8, 4) is 10.6 Å². The molecule has 1 atom stereocenters. The first kappa shape index (κ1) is 13.2. The van der Waals surface area contributed by atoms with Gasteiger partial charge >= 0.3 is 0 Å². The lowest BCUT2D eigenvalue weighted by molar-refractivity contribution is 0.630. The molecule has 1 heterocycles. The van der Waals surface area contributed by atoms with Crippen LogP contribution in [0, 0.1) is 19.7 Å². The fourth-order valence-corrected chi connectivity index (χ4v) is 3.00. The summed E-state index contributed by atoms with van der Waals surface area (Å²) in [5.74, 6) is -0.210. The van der Waals surface area contributed by atoms with Crippen LogP contribution in [0.1, 0.15) is 29.1 Å². The van der Waals surface area contributed by atoms with Gasteiger partial charge in [-0.3, -0.25) is 0 Å². The van der Waals surface area contributed by atoms with Crippen LogP contribution in [0.4, 0.5) is 4.39 Å². The average molecular weight is 264 g/mol. The molecule has 0 bridgehead atoms. The molecular formula is C14H17FN2S. The molecule has 0 saturated heterocycles. The lowest BCUT2D eigenvalue weighted by Crippen LogP contribution is -2.11. The van der Waals surface area contributed by atoms with Gasteiger partial charge in [-0.05, 0) is 40.0 Å². The van der Waals surface area contributed by atoms with Crippen LogP contribution in [0.3, 0.4) is 0 Å². The van der Waals surface area contributed by atoms with Gasteiger partial charge in [0.25, 0.3) is 0 Å². The Balaban J connectivity index is 2.49. The van der Waals surface area contributed by atoms with Gasteiger partial charge in [0.15, 0.2) is 0 Å². The summed E-state index contributed by atoms with van der Waals surface area (Å²) in [6.45, 7) is 6.01. The molecule has 0 aliphatic carbocycles. The zero-order valence-electron chi connectivity index (χ0n) is 11.0. The van der Waals surface area contributed by atoms with Gasteiger partial charge in [0.2, 0.25) is 0 Å². The van der Waals surface area contributed by atoms with E-state index in [1.165, 1.54) is 6.07 Å². The quantitative estimate of drug-likeness (QED) is 0.911. The summed E-state index contributed by atoms with van der Waals surface area (Å²) in [5, 5.41) is 3.94. The predicted octanol–water partition coefficient (Wildman–Crippen LogP) is 3.85. The van der Waals surface area contributed by atoms with Crippen molar-refractivity contribution in [2.24, 2.45) is 0 Å². The number of hydrogen-bond donors (Lipinski definition) is 1. The van der Waals surface area contributed by atoms with Gasteiger partial charge in [0.1, 0.15) is 10.8 Å². The number of nitrogens with zero attached hydrogens (tertiary/aromatic N) is 1. The Morgan fingerprint density at radius 1 is 1.33 bits per heavy atom. The highest BCUT2D eigenvalue weighted by Gasteiger charge is 2.16. The standard InChI is InChI=1S/C14H17FN2S/c1-8-5-6-12(15)11(7-8)14-17-10(3)13(18-14)9(2)16-4/h5-7,9,16H,1-4H3. The van der Waals surface area contributed by atoms with Crippen LogP contribution < -0.4 is 5.32 Å². The molecule has 0 amide bonds. The second-order valence-electron chi connectivity index (χ2n) is 4.46. The highest BCUT2D eigenvalue weighted by molar-refractivity contribution is 7.15. The topological polar surface area (TPSA) is 24.9 Å². The number of rotatable bonds is 3. The summed E-state index contributed by atoms with van der Waals surface area (Å²) in [4.78, 5) is 5.65. The summed E-state index contributed by atoms with van der Waals surface area (Å²) in [5.41, 5.74) is 2.61. The number of aryl methyl sites for hydroxylation is 2. The van der Waals surface area contributed by atoms with Crippen molar-refractivity contribution in [1.29, 1.82) is 0 Å². The van der Waals surface area contributed by atoms with Crippen LogP contribution >= 0.6 is 11.3 Å². The fraction of sp³-hybridized carbons (Fsp3) is 0.357. The molecule has 2 aromatic rings. The Morgan fingerprint density at radius 3 is 2.72 bits per heavy atom. The SMILES string of the molecule is CNC(C)c1sc(-c2cc(C)ccc2F)nc1C. The van der Waals surface area contributed by atoms with Gasteiger partial charge in [-0.25, -0.2) is 9.37 Å². The molecule has 1 aromatic heterocycles. The fourth-order valence-electron chi connectivity index (χ4n) is 1.86. The molecule has 96 valence electrons. The Labute approximate surface area is 111 Å². The average Bonchev–Trinajstić information content (AvgIpc) is 2.73. The lowest BCUT2D eigenvalue weighted by Gasteiger charge is -2.07. The molecule has 0 aliphatic heterocycles. The first-order chi connectivity index (χ1) is 8.52. The van der Waals surface area contributed by atoms with Gasteiger partial charge in [0, 0.05) is 16.5 Å². The Bertz CT molecular complexity index is 563. The largest absolute Gasteiger partial charge is 0.312 e. The molecule has 0 radical (unpaired) electrons. The first-order valence-electron chi connectivity index (χ1n) is 5.94. The van der Waals surface area contributed by atoms with Crippen molar-refractivity contribution in [2.45, 2.75) is 26.8 Å². The highest BCUT2D eigenvalue weighted by atomic mass is 32.1. The maximum absolute atomic E-state index is 13.8. The van der Waals surface area contributed by atoms with Gasteiger partial charge < -0.3 is 5.32 Å². The third kappa shape index (κ3) is 2.44. The molecule has 0 aliphatic rings. The van der Waals surface area contributed by atoms with E-state index in [0.29, 0.717) is 5.56 Å². The van der Waals surface area contributed by atoms with Gasteiger partial charge in [-0.15, -0.1) is 11.3 Å². The lowest BCUT2D eigenvalue weighted by atomic mass is 10.1. The summed E-state index contributed by atoms with van der Waals surface area (Å²) in [6.07, 6.45) is 0. The first-order valence-corrected chi connectivity index (χ1v) is 6.75. The molecule has 1 unspecified atom stereocenters. The summed E-state index contributed by atoms with van der Waals surface area (Å²) >= 11 is 1.55. The molecule has 2 rings (SSSR count). The van der Waals surface area contributed by atoms with E-state index in [-0.39, 0.29) is 11.9 Å². The van der Waals surface area contributed by atoms with E-state index in [0.717, 1.165) is 21.1 Å². The molecule has 0 fully saturated rings. The van der Waals surface area contributed by atoms with E-state index in [9.17, 15) is 4.39 Å². The normalized spacial score (nSPS) is 12.7. The smallest absolute Gasteiger partial charge is 0.133 e. The summed E-state index contributed by atoms with van der Waals surface area (Å²) in [6, 6.07) is 5.37. The van der Waals surface area contributed by atoms with Crippen LogP contribution in [0.5, 0.6) is 0 Å². The monoisotopic (exact) mass is 264 g/mol. The second kappa shape index (κ2) is 5.16. The number of benzene rings is 1. The van der Waals surface area contributed by atoms with Crippen molar-refractivity contribution in [3.05, 3.63) is 40.2 Å². The number of aromatic nitrogens is 1. The molecule has 1 aromatic carbocycles. The maximum atomic E-state index is 13.8. The predicted molar refractivity (Wildman–Crippen MR) is 74.5 cm³/mol. The Kier molecular flexibility index (Phi) is 3.78. The second-order valence-corrected chi connectivity index (χ2v) is 5.49. The maximum Gasteiger partial charge on any atom is 0.133 e. The van der Waals surface area contributed by atoms with E-state index in [2.05, 4.69) is 17.2 Å². The van der Waals surface area contributed by atoms with Crippen LogP contribution in [0.15, 0.2) is 18.2 Å². The van der Waals surface area contributed by atoms with Gasteiger partial charge in [-0.2, -0.15) is 0 Å². The minimum absolute atomic E-state index is 0.210. The molecule has 0 saturated carbocycles. The molecule has 4 heteroatoms. The van der Waals surface area contributed by atoms with Gasteiger partial charge in [0.05, 0.1) is 5.69 Å². The van der Waals surface area contributed by atoms with Crippen molar-refractivity contribution in [3.63, 3.8) is 0 Å². The number of nitrogens with one attached hydrogen (secondary N) is 1. The van der Waals surface area contributed by atoms with E-state index in [4.69, 9.17) is 0 Å². The molecule has 18 heavy (non-hydrogen) atoms. The zero-order chi connectivity index (χ0) is 13.3. The van der Waals surface area contributed by atoms with E-state index < -0.39 is 0 Å². The molecule has 1 N–H and O–H groups in total. The minimum Gasteiger partial charge on any atom is -0.312 e. The summed E-state index contributed by atoms with van der Waals surface area (Å²) < 4.78 is 13.8. The Morgan fingerprint density at radius 2 is 2.06 bits per heavy atom. The van der Waals surface area contributed by atoms with Crippen molar-refractivity contribution in [1.82, 2.24) is 10.3 Å². The minimum atomic E-state index is -0.210. The number of halogens is 1. The summed E-state index contributed by atoms with van der Waals surface area (Å²) in [7, 11) is 1.91. The third-order valence-electron chi connectivity index (χ3n) is 3.01. The van der Waals surface area contributed by atoms with E-state index in [1.54, 1.807) is 17.4 Å². The van der Waals surface area contributed by atoms with E-state index >= 15 is 0 Å². The third-order valence-corrected chi connectivity index (χ3v) is 4.38. The molecule has 2 nitrogen and oxygen atoms in total. The number of hydrogen-bond acceptors (Lipinski definition) is 3. The molecule has 0 spiro atoms. The van der Waals surface area contributed by atoms with Crippen molar-refractivity contribution in [2.75, 3.05) is 7.05 Å². The van der Waals surface area contributed by atoms with Crippen LogP contribution in [-0.4, -0.2) is 12.0 Å². The van der Waals surface area contributed by atoms with E-state index in [1.807, 2.05) is 27.0 Å².